The highest BCUT2D eigenvalue weighted by molar-refractivity contribution is 5.87. The van der Waals surface area contributed by atoms with Crippen LogP contribution in [0, 0.1) is 0 Å². The highest BCUT2D eigenvalue weighted by Crippen LogP contribution is 2.12. The van der Waals surface area contributed by atoms with Crippen molar-refractivity contribution in [2.45, 2.75) is 58.3 Å². The van der Waals surface area contributed by atoms with Crippen molar-refractivity contribution in [2.75, 3.05) is 19.7 Å². The zero-order valence-electron chi connectivity index (χ0n) is 14.4. The van der Waals surface area contributed by atoms with Gasteiger partial charge in [-0.15, -0.1) is 0 Å². The van der Waals surface area contributed by atoms with Crippen LogP contribution in [0.3, 0.4) is 0 Å². The summed E-state index contributed by atoms with van der Waals surface area (Å²) in [4.78, 5) is 10.7. The molecule has 0 unspecified atom stereocenters. The van der Waals surface area contributed by atoms with Crippen LogP contribution >= 0.6 is 0 Å². The quantitative estimate of drug-likeness (QED) is 0.496. The van der Waals surface area contributed by atoms with E-state index in [2.05, 4.69) is 12.2 Å². The van der Waals surface area contributed by atoms with Crippen LogP contribution in [-0.4, -0.2) is 30.8 Å². The zero-order valence-corrected chi connectivity index (χ0v) is 14.4. The van der Waals surface area contributed by atoms with Crippen LogP contribution in [0.25, 0.3) is 0 Å². The van der Waals surface area contributed by atoms with Gasteiger partial charge < -0.3 is 15.2 Å². The molecule has 4 nitrogen and oxygen atoms in total. The molecule has 0 aliphatic carbocycles. The maximum atomic E-state index is 10.7. The van der Waals surface area contributed by atoms with E-state index in [-0.39, 0.29) is 5.56 Å². The maximum Gasteiger partial charge on any atom is 0.335 e. The fourth-order valence-electron chi connectivity index (χ4n) is 2.39. The van der Waals surface area contributed by atoms with E-state index in [1.165, 1.54) is 38.5 Å². The average molecular weight is 321 g/mol. The third-order valence-corrected chi connectivity index (χ3v) is 3.82. The Kier molecular flexibility index (Phi) is 11.0. The van der Waals surface area contributed by atoms with Crippen molar-refractivity contribution < 1.29 is 14.6 Å². The Labute approximate surface area is 140 Å². The van der Waals surface area contributed by atoms with Crippen LogP contribution in [0.15, 0.2) is 24.3 Å². The lowest BCUT2D eigenvalue weighted by Gasteiger charge is -2.07. The van der Waals surface area contributed by atoms with E-state index in [1.807, 2.05) is 0 Å². The molecule has 0 bridgehead atoms. The molecule has 0 aliphatic rings. The molecule has 1 rings (SSSR count). The number of hydrogen-bond acceptors (Lipinski definition) is 3. The van der Waals surface area contributed by atoms with Gasteiger partial charge >= 0.3 is 5.97 Å². The highest BCUT2D eigenvalue weighted by atomic mass is 16.5. The smallest absolute Gasteiger partial charge is 0.335 e. The second kappa shape index (κ2) is 12.9. The van der Waals surface area contributed by atoms with Crippen molar-refractivity contribution in [3.63, 3.8) is 0 Å². The summed E-state index contributed by atoms with van der Waals surface area (Å²) in [6.45, 7) is 5.07. The molecule has 23 heavy (non-hydrogen) atoms. The summed E-state index contributed by atoms with van der Waals surface area (Å²) in [5, 5.41) is 12.3. The van der Waals surface area contributed by atoms with Gasteiger partial charge in [-0.25, -0.2) is 4.79 Å². The van der Waals surface area contributed by atoms with E-state index in [0.29, 0.717) is 6.61 Å². The minimum Gasteiger partial charge on any atom is -0.494 e. The third kappa shape index (κ3) is 9.95. The number of benzene rings is 1. The van der Waals surface area contributed by atoms with Crippen molar-refractivity contribution in [1.82, 2.24) is 5.32 Å². The molecule has 0 aliphatic heterocycles. The van der Waals surface area contributed by atoms with Crippen LogP contribution < -0.4 is 10.1 Å². The molecule has 0 heterocycles. The summed E-state index contributed by atoms with van der Waals surface area (Å²) in [5.74, 6) is -0.178. The number of aromatic carboxylic acids is 1. The number of nitrogens with one attached hydrogen (secondary N) is 1. The first-order valence-electron chi connectivity index (χ1n) is 8.91. The predicted octanol–water partition coefficient (Wildman–Crippen LogP) is 4.49. The molecular formula is C19H31NO3. The van der Waals surface area contributed by atoms with Crippen molar-refractivity contribution in [3.05, 3.63) is 29.8 Å². The number of ether oxygens (including phenoxy) is 1. The summed E-state index contributed by atoms with van der Waals surface area (Å²) in [6.07, 6.45) is 10.1. The molecular weight excluding hydrogens is 290 g/mol. The van der Waals surface area contributed by atoms with E-state index >= 15 is 0 Å². The number of unbranched alkanes of at least 4 members (excludes halogenated alkanes) is 6. The van der Waals surface area contributed by atoms with E-state index in [1.54, 1.807) is 24.3 Å². The molecule has 0 aromatic heterocycles. The van der Waals surface area contributed by atoms with E-state index in [4.69, 9.17) is 9.84 Å². The Morgan fingerprint density at radius 3 is 2.22 bits per heavy atom. The van der Waals surface area contributed by atoms with Crippen LogP contribution in [0.4, 0.5) is 0 Å². The average Bonchev–Trinajstić information content (AvgIpc) is 2.56. The first kappa shape index (κ1) is 19.5. The van der Waals surface area contributed by atoms with Gasteiger partial charge in [-0.3, -0.25) is 0 Å². The molecule has 130 valence electrons. The molecule has 2 N–H and O–H groups in total. The molecule has 0 radical (unpaired) electrons. The van der Waals surface area contributed by atoms with Crippen LogP contribution in [0.5, 0.6) is 5.75 Å². The molecule has 0 spiro atoms. The number of rotatable bonds is 14. The van der Waals surface area contributed by atoms with Crippen molar-refractivity contribution in [2.24, 2.45) is 0 Å². The number of carbonyl (C=O) groups is 1. The van der Waals surface area contributed by atoms with Crippen LogP contribution in [0.1, 0.15) is 68.6 Å². The summed E-state index contributed by atoms with van der Waals surface area (Å²) >= 11 is 0. The summed E-state index contributed by atoms with van der Waals surface area (Å²) < 4.78 is 5.60. The fraction of sp³-hybridized carbons (Fsp3) is 0.632. The zero-order chi connectivity index (χ0) is 16.8. The van der Waals surface area contributed by atoms with Gasteiger partial charge in [0.2, 0.25) is 0 Å². The topological polar surface area (TPSA) is 58.6 Å². The van der Waals surface area contributed by atoms with Gasteiger partial charge in [0.15, 0.2) is 0 Å². The summed E-state index contributed by atoms with van der Waals surface area (Å²) in [7, 11) is 0. The molecule has 1 aromatic carbocycles. The highest BCUT2D eigenvalue weighted by Gasteiger charge is 2.01. The monoisotopic (exact) mass is 321 g/mol. The molecule has 1 aromatic rings. The molecule has 4 heteroatoms. The lowest BCUT2D eigenvalue weighted by atomic mass is 10.1. The van der Waals surface area contributed by atoms with E-state index in [9.17, 15) is 4.79 Å². The predicted molar refractivity (Wildman–Crippen MR) is 94.4 cm³/mol. The second-order valence-electron chi connectivity index (χ2n) is 5.90. The Morgan fingerprint density at radius 1 is 0.957 bits per heavy atom. The lowest BCUT2D eigenvalue weighted by molar-refractivity contribution is 0.0697. The largest absolute Gasteiger partial charge is 0.494 e. The number of carboxylic acids is 1. The van der Waals surface area contributed by atoms with E-state index in [0.717, 1.165) is 31.7 Å². The lowest BCUT2D eigenvalue weighted by Crippen LogP contribution is -2.17. The first-order valence-corrected chi connectivity index (χ1v) is 8.91. The minimum atomic E-state index is -0.909. The maximum absolute atomic E-state index is 10.7. The van der Waals surface area contributed by atoms with Gasteiger partial charge in [0.05, 0.1) is 12.2 Å². The molecule has 0 saturated carbocycles. The van der Waals surface area contributed by atoms with Crippen molar-refractivity contribution in [3.8, 4) is 5.75 Å². The fourth-order valence-corrected chi connectivity index (χ4v) is 2.39. The summed E-state index contributed by atoms with van der Waals surface area (Å²) in [5.41, 5.74) is 0.288. The van der Waals surface area contributed by atoms with Gasteiger partial charge in [-0.2, -0.15) is 0 Å². The van der Waals surface area contributed by atoms with Gasteiger partial charge in [0.25, 0.3) is 0 Å². The van der Waals surface area contributed by atoms with Gasteiger partial charge in [-0.1, -0.05) is 39.0 Å². The van der Waals surface area contributed by atoms with Crippen molar-refractivity contribution in [1.29, 1.82) is 0 Å². The van der Waals surface area contributed by atoms with Crippen molar-refractivity contribution >= 4 is 5.97 Å². The Hall–Kier alpha value is -1.55. The standard InChI is InChI=1S/C19H31NO3/c1-2-3-4-5-6-7-14-20-15-8-9-16-23-18-12-10-17(11-13-18)19(21)22/h10-13,20H,2-9,14-16H2,1H3,(H,21,22). The van der Waals surface area contributed by atoms with Crippen LogP contribution in [-0.2, 0) is 0 Å². The normalized spacial score (nSPS) is 10.7. The number of hydrogen-bond donors (Lipinski definition) is 2. The van der Waals surface area contributed by atoms with Gasteiger partial charge in [0, 0.05) is 0 Å². The van der Waals surface area contributed by atoms with Crippen LogP contribution in [0.2, 0.25) is 0 Å². The second-order valence-corrected chi connectivity index (χ2v) is 5.90. The Bertz CT molecular complexity index is 417. The third-order valence-electron chi connectivity index (χ3n) is 3.82. The summed E-state index contributed by atoms with van der Waals surface area (Å²) in [6, 6.07) is 6.56. The minimum absolute atomic E-state index is 0.288. The van der Waals surface area contributed by atoms with Gasteiger partial charge in [0.1, 0.15) is 5.75 Å². The number of carboxylic acid groups (broad SMARTS) is 1. The SMILES string of the molecule is CCCCCCCCNCCCCOc1ccc(C(=O)O)cc1. The molecule has 0 saturated heterocycles. The van der Waals surface area contributed by atoms with Gasteiger partial charge in [-0.05, 0) is 56.6 Å². The Morgan fingerprint density at radius 2 is 1.57 bits per heavy atom. The molecule has 0 fully saturated rings. The molecule has 0 atom stereocenters. The first-order chi connectivity index (χ1) is 11.2. The molecule has 0 amide bonds. The van der Waals surface area contributed by atoms with E-state index < -0.39 is 5.97 Å². The Balaban J connectivity index is 1.90.